The van der Waals surface area contributed by atoms with Crippen molar-refractivity contribution in [3.8, 4) is 0 Å². The SMILES string of the molecule is c1nc2cc(CCCN3CCNCC3)ccc2s1. The lowest BCUT2D eigenvalue weighted by Gasteiger charge is -2.27. The Bertz CT molecular complexity index is 502. The van der Waals surface area contributed by atoms with E-state index < -0.39 is 0 Å². The van der Waals surface area contributed by atoms with Crippen LogP contribution in [0.5, 0.6) is 0 Å². The molecule has 1 aromatic carbocycles. The van der Waals surface area contributed by atoms with Gasteiger partial charge in [0.05, 0.1) is 15.7 Å². The molecule has 0 saturated carbocycles. The fourth-order valence-corrected chi connectivity index (χ4v) is 3.16. The Morgan fingerprint density at radius 1 is 1.28 bits per heavy atom. The smallest absolute Gasteiger partial charge is 0.0814 e. The van der Waals surface area contributed by atoms with Gasteiger partial charge in [-0.25, -0.2) is 4.98 Å². The van der Waals surface area contributed by atoms with E-state index in [1.807, 2.05) is 5.51 Å². The molecule has 1 fully saturated rings. The Kier molecular flexibility index (Phi) is 3.88. The van der Waals surface area contributed by atoms with Gasteiger partial charge >= 0.3 is 0 Å². The molecule has 1 aromatic heterocycles. The molecule has 96 valence electrons. The van der Waals surface area contributed by atoms with E-state index in [-0.39, 0.29) is 0 Å². The van der Waals surface area contributed by atoms with Gasteiger partial charge in [0.25, 0.3) is 0 Å². The van der Waals surface area contributed by atoms with E-state index in [1.165, 1.54) is 36.3 Å². The zero-order valence-electron chi connectivity index (χ0n) is 10.6. The quantitative estimate of drug-likeness (QED) is 0.914. The van der Waals surface area contributed by atoms with Crippen LogP contribution in [0.15, 0.2) is 23.7 Å². The third-order valence-electron chi connectivity index (χ3n) is 3.54. The summed E-state index contributed by atoms with van der Waals surface area (Å²) in [4.78, 5) is 6.93. The number of hydrogen-bond donors (Lipinski definition) is 1. The lowest BCUT2D eigenvalue weighted by atomic mass is 10.1. The summed E-state index contributed by atoms with van der Waals surface area (Å²) < 4.78 is 1.29. The van der Waals surface area contributed by atoms with Crippen LogP contribution >= 0.6 is 11.3 Å². The highest BCUT2D eigenvalue weighted by Crippen LogP contribution is 2.19. The number of fused-ring (bicyclic) bond motifs is 1. The molecule has 4 heteroatoms. The van der Waals surface area contributed by atoms with E-state index in [0.29, 0.717) is 0 Å². The lowest BCUT2D eigenvalue weighted by Crippen LogP contribution is -2.43. The lowest BCUT2D eigenvalue weighted by molar-refractivity contribution is 0.238. The van der Waals surface area contributed by atoms with Crippen LogP contribution in [-0.4, -0.2) is 42.6 Å². The van der Waals surface area contributed by atoms with E-state index in [9.17, 15) is 0 Å². The van der Waals surface area contributed by atoms with Crippen molar-refractivity contribution in [3.05, 3.63) is 29.3 Å². The van der Waals surface area contributed by atoms with Crippen molar-refractivity contribution in [1.82, 2.24) is 15.2 Å². The first-order chi connectivity index (χ1) is 8.92. The number of benzene rings is 1. The molecular formula is C14H19N3S. The van der Waals surface area contributed by atoms with Crippen molar-refractivity contribution in [2.24, 2.45) is 0 Å². The summed E-state index contributed by atoms with van der Waals surface area (Å²) >= 11 is 1.72. The topological polar surface area (TPSA) is 28.2 Å². The number of aryl methyl sites for hydroxylation is 1. The molecule has 1 N–H and O–H groups in total. The summed E-state index contributed by atoms with van der Waals surface area (Å²) in [5, 5.41) is 3.39. The molecule has 0 spiro atoms. The minimum atomic E-state index is 1.14. The third-order valence-corrected chi connectivity index (χ3v) is 4.35. The summed E-state index contributed by atoms with van der Waals surface area (Å²) in [5.41, 5.74) is 4.50. The van der Waals surface area contributed by atoms with Gasteiger partial charge < -0.3 is 10.2 Å². The van der Waals surface area contributed by atoms with Crippen LogP contribution in [-0.2, 0) is 6.42 Å². The highest BCUT2D eigenvalue weighted by Gasteiger charge is 2.08. The van der Waals surface area contributed by atoms with Crippen LogP contribution in [0.1, 0.15) is 12.0 Å². The largest absolute Gasteiger partial charge is 0.314 e. The molecule has 0 radical (unpaired) electrons. The van der Waals surface area contributed by atoms with Crippen LogP contribution in [0.25, 0.3) is 10.2 Å². The average molecular weight is 261 g/mol. The maximum atomic E-state index is 4.38. The molecule has 1 aliphatic rings. The Morgan fingerprint density at radius 2 is 2.17 bits per heavy atom. The molecule has 0 atom stereocenters. The van der Waals surface area contributed by atoms with E-state index in [1.54, 1.807) is 11.3 Å². The number of rotatable bonds is 4. The highest BCUT2D eigenvalue weighted by atomic mass is 32.1. The van der Waals surface area contributed by atoms with Gasteiger partial charge in [0.15, 0.2) is 0 Å². The number of nitrogens with one attached hydrogen (secondary N) is 1. The number of nitrogens with zero attached hydrogens (tertiary/aromatic N) is 2. The van der Waals surface area contributed by atoms with Crippen molar-refractivity contribution in [2.45, 2.75) is 12.8 Å². The van der Waals surface area contributed by atoms with Gasteiger partial charge in [-0.3, -0.25) is 0 Å². The Balaban J connectivity index is 1.52. The van der Waals surface area contributed by atoms with Crippen LogP contribution in [0.3, 0.4) is 0 Å². The fourth-order valence-electron chi connectivity index (χ4n) is 2.50. The molecule has 3 nitrogen and oxygen atoms in total. The summed E-state index contributed by atoms with van der Waals surface area (Å²) in [7, 11) is 0. The minimum Gasteiger partial charge on any atom is -0.314 e. The summed E-state index contributed by atoms with van der Waals surface area (Å²) in [6.07, 6.45) is 2.41. The molecule has 0 aliphatic carbocycles. The van der Waals surface area contributed by atoms with Gasteiger partial charge in [-0.1, -0.05) is 6.07 Å². The fraction of sp³-hybridized carbons (Fsp3) is 0.500. The summed E-state index contributed by atoms with van der Waals surface area (Å²) in [6, 6.07) is 6.69. The molecule has 18 heavy (non-hydrogen) atoms. The Labute approximate surface area is 112 Å². The number of piperazine rings is 1. The zero-order valence-corrected chi connectivity index (χ0v) is 11.4. The second-order valence-electron chi connectivity index (χ2n) is 4.85. The highest BCUT2D eigenvalue weighted by molar-refractivity contribution is 7.16. The third kappa shape index (κ3) is 2.88. The predicted molar refractivity (Wildman–Crippen MR) is 77.3 cm³/mol. The number of thiazole rings is 1. The van der Waals surface area contributed by atoms with Crippen LogP contribution in [0, 0.1) is 0 Å². The van der Waals surface area contributed by atoms with Gasteiger partial charge in [0.2, 0.25) is 0 Å². The molecule has 0 unspecified atom stereocenters. The number of aromatic nitrogens is 1. The first-order valence-electron chi connectivity index (χ1n) is 6.67. The molecular weight excluding hydrogens is 242 g/mol. The zero-order chi connectivity index (χ0) is 12.2. The molecule has 3 rings (SSSR count). The standard InChI is InChI=1S/C14H19N3S/c1(7-17-8-5-15-6-9-17)2-12-3-4-14-13(10-12)16-11-18-14/h3-4,10-11,15H,1-2,5-9H2. The van der Waals surface area contributed by atoms with Gasteiger partial charge in [0.1, 0.15) is 0 Å². The van der Waals surface area contributed by atoms with E-state index in [4.69, 9.17) is 0 Å². The second kappa shape index (κ2) is 5.78. The van der Waals surface area contributed by atoms with Gasteiger partial charge in [0, 0.05) is 26.2 Å². The molecule has 2 aromatic rings. The second-order valence-corrected chi connectivity index (χ2v) is 5.74. The Hall–Kier alpha value is -0.970. The van der Waals surface area contributed by atoms with Gasteiger partial charge in [-0.05, 0) is 37.1 Å². The first-order valence-corrected chi connectivity index (χ1v) is 7.55. The van der Waals surface area contributed by atoms with Crippen molar-refractivity contribution < 1.29 is 0 Å². The monoisotopic (exact) mass is 261 g/mol. The molecule has 1 saturated heterocycles. The summed E-state index contributed by atoms with van der Waals surface area (Å²) in [5.74, 6) is 0. The Morgan fingerprint density at radius 3 is 3.06 bits per heavy atom. The van der Waals surface area contributed by atoms with E-state index in [2.05, 4.69) is 33.4 Å². The van der Waals surface area contributed by atoms with Crippen molar-refractivity contribution in [2.75, 3.05) is 32.7 Å². The van der Waals surface area contributed by atoms with Crippen molar-refractivity contribution in [3.63, 3.8) is 0 Å². The molecule has 0 amide bonds. The molecule has 2 heterocycles. The summed E-state index contributed by atoms with van der Waals surface area (Å²) in [6.45, 7) is 5.91. The minimum absolute atomic E-state index is 1.14. The van der Waals surface area contributed by atoms with Gasteiger partial charge in [-0.2, -0.15) is 0 Å². The van der Waals surface area contributed by atoms with E-state index in [0.717, 1.165) is 25.0 Å². The van der Waals surface area contributed by atoms with Gasteiger partial charge in [-0.15, -0.1) is 11.3 Å². The predicted octanol–water partition coefficient (Wildman–Crippen LogP) is 2.13. The van der Waals surface area contributed by atoms with Crippen LogP contribution in [0.2, 0.25) is 0 Å². The maximum Gasteiger partial charge on any atom is 0.0814 e. The van der Waals surface area contributed by atoms with E-state index >= 15 is 0 Å². The van der Waals surface area contributed by atoms with Crippen molar-refractivity contribution >= 4 is 21.6 Å². The average Bonchev–Trinajstić information content (AvgIpc) is 2.87. The normalized spacial score (nSPS) is 17.3. The van der Waals surface area contributed by atoms with Crippen LogP contribution < -0.4 is 5.32 Å². The first kappa shape index (κ1) is 12.1. The molecule has 0 bridgehead atoms. The van der Waals surface area contributed by atoms with Crippen molar-refractivity contribution in [1.29, 1.82) is 0 Å². The maximum absolute atomic E-state index is 4.38. The molecule has 1 aliphatic heterocycles. The van der Waals surface area contributed by atoms with Crippen LogP contribution in [0.4, 0.5) is 0 Å². The number of hydrogen-bond acceptors (Lipinski definition) is 4.